The number of benzene rings is 2. The first-order valence-corrected chi connectivity index (χ1v) is 9.81. The van der Waals surface area contributed by atoms with Gasteiger partial charge in [0, 0.05) is 0 Å². The van der Waals surface area contributed by atoms with Gasteiger partial charge in [0.25, 0.3) is 0 Å². The van der Waals surface area contributed by atoms with Gasteiger partial charge in [0.05, 0.1) is 19.0 Å². The van der Waals surface area contributed by atoms with E-state index in [1.54, 1.807) is 48.2 Å². The molecule has 2 aromatic carbocycles. The van der Waals surface area contributed by atoms with Crippen LogP contribution < -0.4 is 9.39 Å². The Morgan fingerprint density at radius 1 is 1.20 bits per heavy atom. The van der Waals surface area contributed by atoms with Gasteiger partial charge in [-0.2, -0.15) is 0 Å². The molecule has 0 radical (unpaired) electrons. The van der Waals surface area contributed by atoms with Crippen LogP contribution in [0.5, 0.6) is 17.2 Å². The quantitative estimate of drug-likeness (QED) is 0.644. The van der Waals surface area contributed by atoms with Crippen LogP contribution in [0.4, 0.5) is 0 Å². The molecular weight excluding hydrogens is 389 g/mol. The Morgan fingerprint density at radius 2 is 1.90 bits per heavy atom. The standard InChI is InChI=1S/C21H22BNO7/c1-12(13-2-5-15(24)6-3-13)20(25)23-10-16(11-23)29-17-7-4-14-8-9-22(28)30-19(14)18(17)21(26)27/h2-7,12,16,24,28H,8-11H2,1H3,(H,26,27)/t12-/m1/s1. The molecule has 2 heterocycles. The summed E-state index contributed by atoms with van der Waals surface area (Å²) in [4.78, 5) is 26.1. The number of rotatable bonds is 5. The van der Waals surface area contributed by atoms with Crippen LogP contribution in [0.1, 0.15) is 34.3 Å². The van der Waals surface area contributed by atoms with E-state index in [4.69, 9.17) is 9.39 Å². The number of likely N-dealkylation sites (tertiary alicyclic amines) is 1. The maximum atomic E-state index is 12.7. The summed E-state index contributed by atoms with van der Waals surface area (Å²) >= 11 is 0. The number of ether oxygens (including phenoxy) is 1. The summed E-state index contributed by atoms with van der Waals surface area (Å²) in [6, 6.07) is 9.87. The van der Waals surface area contributed by atoms with Gasteiger partial charge >= 0.3 is 13.1 Å². The van der Waals surface area contributed by atoms with Crippen molar-refractivity contribution in [1.29, 1.82) is 0 Å². The van der Waals surface area contributed by atoms with Gasteiger partial charge in [-0.3, -0.25) is 4.79 Å². The number of phenolic OH excluding ortho intramolecular Hbond substituents is 1. The number of nitrogens with zero attached hydrogens (tertiary/aromatic N) is 1. The van der Waals surface area contributed by atoms with Gasteiger partial charge in [-0.1, -0.05) is 18.2 Å². The normalized spacial score (nSPS) is 16.9. The van der Waals surface area contributed by atoms with Crippen LogP contribution in [-0.4, -0.2) is 58.3 Å². The predicted molar refractivity (Wildman–Crippen MR) is 108 cm³/mol. The Hall–Kier alpha value is -3.20. The molecular formula is C21H22BNO7. The molecule has 0 aromatic heterocycles. The number of carbonyl (C=O) groups excluding carboxylic acids is 1. The number of aromatic hydroxyl groups is 1. The number of amides is 1. The van der Waals surface area contributed by atoms with E-state index in [1.165, 1.54) is 0 Å². The highest BCUT2D eigenvalue weighted by Crippen LogP contribution is 2.37. The molecule has 1 amide bonds. The number of phenols is 1. The van der Waals surface area contributed by atoms with Crippen LogP contribution in [0.25, 0.3) is 0 Å². The minimum absolute atomic E-state index is 0.0594. The SMILES string of the molecule is C[C@@H](C(=O)N1CC(Oc2ccc3c(c2C(=O)O)OB(O)CC3)C1)c1ccc(O)cc1. The fourth-order valence-electron chi connectivity index (χ4n) is 3.77. The smallest absolute Gasteiger partial charge is 0.522 e. The number of carbonyl (C=O) groups is 2. The molecule has 2 aromatic rings. The average molecular weight is 411 g/mol. The minimum Gasteiger partial charge on any atom is -0.535 e. The second-order valence-electron chi connectivity index (χ2n) is 7.64. The molecule has 156 valence electrons. The molecule has 1 fully saturated rings. The van der Waals surface area contributed by atoms with E-state index < -0.39 is 13.1 Å². The van der Waals surface area contributed by atoms with Crippen LogP contribution >= 0.6 is 0 Å². The highest BCUT2D eigenvalue weighted by molar-refractivity contribution is 6.44. The third-order valence-electron chi connectivity index (χ3n) is 5.55. The summed E-state index contributed by atoms with van der Waals surface area (Å²) in [6.45, 7) is 2.50. The van der Waals surface area contributed by atoms with Gasteiger partial charge in [0.2, 0.25) is 5.91 Å². The van der Waals surface area contributed by atoms with Gasteiger partial charge in [0.1, 0.15) is 28.9 Å². The number of carboxylic acid groups (broad SMARTS) is 1. The summed E-state index contributed by atoms with van der Waals surface area (Å²) in [5.74, 6) is -1.16. The Bertz CT molecular complexity index is 972. The minimum atomic E-state index is -1.19. The van der Waals surface area contributed by atoms with E-state index >= 15 is 0 Å². The number of fused-ring (bicyclic) bond motifs is 1. The molecule has 1 atom stereocenters. The van der Waals surface area contributed by atoms with E-state index in [9.17, 15) is 24.8 Å². The zero-order valence-electron chi connectivity index (χ0n) is 16.4. The monoisotopic (exact) mass is 411 g/mol. The first kappa shape index (κ1) is 20.1. The van der Waals surface area contributed by atoms with Crippen LogP contribution in [0.3, 0.4) is 0 Å². The van der Waals surface area contributed by atoms with Crippen molar-refractivity contribution < 1.29 is 34.2 Å². The van der Waals surface area contributed by atoms with Gasteiger partial charge in [-0.05, 0) is 49.0 Å². The summed E-state index contributed by atoms with van der Waals surface area (Å²) in [5, 5.41) is 28.8. The van der Waals surface area contributed by atoms with Crippen molar-refractivity contribution in [2.24, 2.45) is 0 Å². The molecule has 0 spiro atoms. The summed E-state index contributed by atoms with van der Waals surface area (Å²) < 4.78 is 11.2. The molecule has 30 heavy (non-hydrogen) atoms. The first-order chi connectivity index (χ1) is 14.3. The van der Waals surface area contributed by atoms with E-state index in [0.29, 0.717) is 25.8 Å². The van der Waals surface area contributed by atoms with Crippen LogP contribution in [0, 0.1) is 0 Å². The third kappa shape index (κ3) is 3.80. The Morgan fingerprint density at radius 3 is 2.57 bits per heavy atom. The summed E-state index contributed by atoms with van der Waals surface area (Å²) in [5.41, 5.74) is 1.42. The highest BCUT2D eigenvalue weighted by Gasteiger charge is 2.37. The van der Waals surface area contributed by atoms with Crippen molar-refractivity contribution in [3.05, 3.63) is 53.1 Å². The Balaban J connectivity index is 1.42. The third-order valence-corrected chi connectivity index (χ3v) is 5.55. The largest absolute Gasteiger partial charge is 0.535 e. The van der Waals surface area contributed by atoms with Crippen molar-refractivity contribution in [2.75, 3.05) is 13.1 Å². The van der Waals surface area contributed by atoms with Gasteiger partial charge in [-0.25, -0.2) is 4.79 Å². The summed E-state index contributed by atoms with van der Waals surface area (Å²) in [7, 11) is -1.04. The van der Waals surface area contributed by atoms with Crippen LogP contribution in [0.15, 0.2) is 36.4 Å². The summed E-state index contributed by atoms with van der Waals surface area (Å²) in [6.07, 6.45) is 0.606. The Labute approximate surface area is 173 Å². The maximum Gasteiger partial charge on any atom is 0.522 e. The fraction of sp³-hybridized carbons (Fsp3) is 0.333. The topological polar surface area (TPSA) is 117 Å². The van der Waals surface area contributed by atoms with E-state index in [1.807, 2.05) is 0 Å². The highest BCUT2D eigenvalue weighted by atomic mass is 16.5. The van der Waals surface area contributed by atoms with Gasteiger partial charge in [-0.15, -0.1) is 0 Å². The fourth-order valence-corrected chi connectivity index (χ4v) is 3.77. The number of hydrogen-bond acceptors (Lipinski definition) is 6. The zero-order chi connectivity index (χ0) is 21.4. The maximum absolute atomic E-state index is 12.7. The molecule has 0 aliphatic carbocycles. The molecule has 0 bridgehead atoms. The lowest BCUT2D eigenvalue weighted by molar-refractivity contribution is -0.141. The molecule has 0 saturated carbocycles. The van der Waals surface area contributed by atoms with Crippen molar-refractivity contribution in [3.63, 3.8) is 0 Å². The molecule has 9 heteroatoms. The lowest BCUT2D eigenvalue weighted by atomic mass is 9.78. The average Bonchev–Trinajstić information content (AvgIpc) is 2.69. The van der Waals surface area contributed by atoms with Crippen molar-refractivity contribution >= 4 is 19.0 Å². The van der Waals surface area contributed by atoms with Crippen molar-refractivity contribution in [1.82, 2.24) is 4.90 Å². The van der Waals surface area contributed by atoms with Crippen LogP contribution in [-0.2, 0) is 11.2 Å². The Kier molecular flexibility index (Phi) is 5.30. The second kappa shape index (κ2) is 7.91. The molecule has 2 aliphatic heterocycles. The van der Waals surface area contributed by atoms with Gasteiger partial charge < -0.3 is 29.5 Å². The molecule has 1 saturated heterocycles. The molecule has 2 aliphatic rings. The predicted octanol–water partition coefficient (Wildman–Crippen LogP) is 1.90. The number of hydrogen-bond donors (Lipinski definition) is 3. The van der Waals surface area contributed by atoms with Gasteiger partial charge in [0.15, 0.2) is 0 Å². The lowest BCUT2D eigenvalue weighted by Crippen LogP contribution is -2.57. The number of aryl methyl sites for hydroxylation is 1. The van der Waals surface area contributed by atoms with Crippen LogP contribution in [0.2, 0.25) is 6.32 Å². The van der Waals surface area contributed by atoms with E-state index in [2.05, 4.69) is 0 Å². The molecule has 4 rings (SSSR count). The first-order valence-electron chi connectivity index (χ1n) is 9.81. The molecule has 8 nitrogen and oxygen atoms in total. The van der Waals surface area contributed by atoms with Crippen molar-refractivity contribution in [3.8, 4) is 17.2 Å². The second-order valence-corrected chi connectivity index (χ2v) is 7.64. The lowest BCUT2D eigenvalue weighted by Gasteiger charge is -2.40. The van der Waals surface area contributed by atoms with E-state index in [-0.39, 0.29) is 40.7 Å². The van der Waals surface area contributed by atoms with E-state index in [0.717, 1.165) is 11.1 Å². The van der Waals surface area contributed by atoms with Crippen molar-refractivity contribution in [2.45, 2.75) is 31.7 Å². The number of carboxylic acids is 1. The number of aromatic carboxylic acids is 1. The molecule has 0 unspecified atom stereocenters. The zero-order valence-corrected chi connectivity index (χ0v) is 16.4. The molecule has 3 N–H and O–H groups in total.